The first kappa shape index (κ1) is 13.2. The molecule has 1 aliphatic heterocycles. The lowest BCUT2D eigenvalue weighted by molar-refractivity contribution is -0.0418. The van der Waals surface area contributed by atoms with E-state index >= 15 is 0 Å². The molecule has 3 rings (SSSR count). The van der Waals surface area contributed by atoms with Crippen molar-refractivity contribution in [2.24, 2.45) is 0 Å². The van der Waals surface area contributed by atoms with Crippen LogP contribution in [0.25, 0.3) is 10.9 Å². The van der Waals surface area contributed by atoms with Crippen molar-refractivity contribution in [3.8, 4) is 0 Å². The van der Waals surface area contributed by atoms with Gasteiger partial charge in [-0.25, -0.2) is 0 Å². The molecule has 0 bridgehead atoms. The van der Waals surface area contributed by atoms with E-state index in [2.05, 4.69) is 22.1 Å². The molecule has 0 spiro atoms. The molecule has 1 fully saturated rings. The van der Waals surface area contributed by atoms with Gasteiger partial charge in [0.2, 0.25) is 0 Å². The van der Waals surface area contributed by atoms with Crippen molar-refractivity contribution in [3.05, 3.63) is 34.6 Å². The molecule has 0 radical (unpaired) electrons. The predicted octanol–water partition coefficient (Wildman–Crippen LogP) is 0.860. The molecular weight excluding hydrogens is 256 g/mol. The first-order chi connectivity index (χ1) is 9.78. The number of morpholine rings is 1. The van der Waals surface area contributed by atoms with Crippen molar-refractivity contribution >= 4 is 10.9 Å². The maximum Gasteiger partial charge on any atom is 0.278 e. The van der Waals surface area contributed by atoms with Gasteiger partial charge in [0, 0.05) is 13.1 Å². The second kappa shape index (κ2) is 5.68. The SMILES string of the molecule is CC[C@H]1CN(Cn2nnc3ccccc3c2=O)CCO1. The lowest BCUT2D eigenvalue weighted by Gasteiger charge is -2.32. The molecular formula is C14H18N4O2. The molecule has 1 saturated heterocycles. The molecule has 1 aromatic carbocycles. The molecule has 2 aromatic rings. The first-order valence-corrected chi connectivity index (χ1v) is 6.94. The molecule has 1 atom stereocenters. The van der Waals surface area contributed by atoms with Crippen molar-refractivity contribution in [3.63, 3.8) is 0 Å². The Morgan fingerprint density at radius 1 is 1.40 bits per heavy atom. The fourth-order valence-corrected chi connectivity index (χ4v) is 2.46. The van der Waals surface area contributed by atoms with Crippen LogP contribution in [0.2, 0.25) is 0 Å². The van der Waals surface area contributed by atoms with E-state index in [0.717, 1.165) is 19.5 Å². The molecule has 6 heteroatoms. The molecule has 0 amide bonds. The molecule has 0 saturated carbocycles. The van der Waals surface area contributed by atoms with Crippen LogP contribution in [0.4, 0.5) is 0 Å². The minimum Gasteiger partial charge on any atom is -0.376 e. The second-order valence-corrected chi connectivity index (χ2v) is 5.03. The molecule has 0 N–H and O–H groups in total. The lowest BCUT2D eigenvalue weighted by atomic mass is 10.2. The van der Waals surface area contributed by atoms with Gasteiger partial charge in [-0.2, -0.15) is 4.68 Å². The van der Waals surface area contributed by atoms with Crippen LogP contribution in [0.15, 0.2) is 29.1 Å². The zero-order valence-electron chi connectivity index (χ0n) is 11.5. The zero-order chi connectivity index (χ0) is 13.9. The third kappa shape index (κ3) is 2.57. The van der Waals surface area contributed by atoms with Gasteiger partial charge in [-0.3, -0.25) is 9.69 Å². The summed E-state index contributed by atoms with van der Waals surface area (Å²) in [7, 11) is 0. The smallest absolute Gasteiger partial charge is 0.278 e. The van der Waals surface area contributed by atoms with E-state index in [1.54, 1.807) is 12.1 Å². The minimum absolute atomic E-state index is 0.0878. The number of benzene rings is 1. The molecule has 0 unspecified atom stereocenters. The normalized spacial score (nSPS) is 20.4. The van der Waals surface area contributed by atoms with Gasteiger partial charge in [0.25, 0.3) is 5.56 Å². The number of aromatic nitrogens is 3. The maximum atomic E-state index is 12.4. The van der Waals surface area contributed by atoms with Gasteiger partial charge in [0.05, 0.1) is 24.8 Å². The molecule has 20 heavy (non-hydrogen) atoms. The van der Waals surface area contributed by atoms with E-state index in [0.29, 0.717) is 24.2 Å². The second-order valence-electron chi connectivity index (χ2n) is 5.03. The Labute approximate surface area is 117 Å². The molecule has 1 aromatic heterocycles. The Hall–Kier alpha value is -1.79. The lowest BCUT2D eigenvalue weighted by Crippen LogP contribution is -2.45. The first-order valence-electron chi connectivity index (χ1n) is 6.94. The Balaban J connectivity index is 1.84. The van der Waals surface area contributed by atoms with Crippen LogP contribution in [0, 0.1) is 0 Å². The van der Waals surface area contributed by atoms with Crippen molar-refractivity contribution in [2.75, 3.05) is 19.7 Å². The van der Waals surface area contributed by atoms with Gasteiger partial charge >= 0.3 is 0 Å². The van der Waals surface area contributed by atoms with E-state index in [9.17, 15) is 4.79 Å². The number of rotatable bonds is 3. The highest BCUT2D eigenvalue weighted by Gasteiger charge is 2.19. The minimum atomic E-state index is -0.0878. The van der Waals surface area contributed by atoms with Gasteiger partial charge < -0.3 is 4.74 Å². The number of nitrogens with zero attached hydrogens (tertiary/aromatic N) is 4. The summed E-state index contributed by atoms with van der Waals surface area (Å²) >= 11 is 0. The van der Waals surface area contributed by atoms with E-state index in [1.807, 2.05) is 12.1 Å². The average Bonchev–Trinajstić information content (AvgIpc) is 2.50. The van der Waals surface area contributed by atoms with E-state index in [-0.39, 0.29) is 11.7 Å². The highest BCUT2D eigenvalue weighted by molar-refractivity contribution is 5.76. The molecule has 0 aliphatic carbocycles. The van der Waals surface area contributed by atoms with Crippen LogP contribution in [-0.4, -0.2) is 45.7 Å². The number of hydrogen-bond acceptors (Lipinski definition) is 5. The van der Waals surface area contributed by atoms with Gasteiger partial charge in [0.15, 0.2) is 0 Å². The highest BCUT2D eigenvalue weighted by Crippen LogP contribution is 2.09. The number of fused-ring (bicyclic) bond motifs is 1. The van der Waals surface area contributed by atoms with Crippen LogP contribution in [0.3, 0.4) is 0 Å². The third-order valence-corrected chi connectivity index (χ3v) is 3.64. The van der Waals surface area contributed by atoms with Crippen LogP contribution >= 0.6 is 0 Å². The summed E-state index contributed by atoms with van der Waals surface area (Å²) < 4.78 is 7.06. The molecule has 1 aliphatic rings. The van der Waals surface area contributed by atoms with Crippen molar-refractivity contribution in [1.29, 1.82) is 0 Å². The van der Waals surface area contributed by atoms with E-state index in [4.69, 9.17) is 4.74 Å². The number of hydrogen-bond donors (Lipinski definition) is 0. The van der Waals surface area contributed by atoms with Gasteiger partial charge in [-0.15, -0.1) is 5.10 Å². The summed E-state index contributed by atoms with van der Waals surface area (Å²) in [5, 5.41) is 8.74. The van der Waals surface area contributed by atoms with Crippen LogP contribution in [0.5, 0.6) is 0 Å². The maximum absolute atomic E-state index is 12.4. The van der Waals surface area contributed by atoms with Crippen LogP contribution < -0.4 is 5.56 Å². The summed E-state index contributed by atoms with van der Waals surface area (Å²) in [4.78, 5) is 14.5. The van der Waals surface area contributed by atoms with E-state index in [1.165, 1.54) is 4.68 Å². The largest absolute Gasteiger partial charge is 0.376 e. The highest BCUT2D eigenvalue weighted by atomic mass is 16.5. The summed E-state index contributed by atoms with van der Waals surface area (Å²) in [6.07, 6.45) is 1.22. The topological polar surface area (TPSA) is 60.2 Å². The zero-order valence-corrected chi connectivity index (χ0v) is 11.5. The predicted molar refractivity (Wildman–Crippen MR) is 75.4 cm³/mol. The Bertz CT molecular complexity index is 655. The monoisotopic (exact) mass is 274 g/mol. The summed E-state index contributed by atoms with van der Waals surface area (Å²) in [5.41, 5.74) is 0.553. The molecule has 6 nitrogen and oxygen atoms in total. The van der Waals surface area contributed by atoms with E-state index < -0.39 is 0 Å². The molecule has 106 valence electrons. The Morgan fingerprint density at radius 3 is 3.10 bits per heavy atom. The fraction of sp³-hybridized carbons (Fsp3) is 0.500. The van der Waals surface area contributed by atoms with Gasteiger partial charge in [-0.1, -0.05) is 24.3 Å². The summed E-state index contributed by atoms with van der Waals surface area (Å²) in [6, 6.07) is 7.29. The summed E-state index contributed by atoms with van der Waals surface area (Å²) in [6.45, 7) is 4.93. The molecule has 2 heterocycles. The van der Waals surface area contributed by atoms with Gasteiger partial charge in [-0.05, 0) is 18.6 Å². The average molecular weight is 274 g/mol. The van der Waals surface area contributed by atoms with Crippen LogP contribution in [0.1, 0.15) is 13.3 Å². The third-order valence-electron chi connectivity index (χ3n) is 3.64. The quantitative estimate of drug-likeness (QED) is 0.831. The standard InChI is InChI=1S/C14H18N4O2/c1-2-11-9-17(7-8-20-11)10-18-14(19)12-5-3-4-6-13(12)15-16-18/h3-6,11H,2,7-10H2,1H3/t11-/m0/s1. The van der Waals surface area contributed by atoms with Crippen molar-refractivity contribution in [1.82, 2.24) is 19.9 Å². The fourth-order valence-electron chi connectivity index (χ4n) is 2.46. The Kier molecular flexibility index (Phi) is 3.75. The van der Waals surface area contributed by atoms with Crippen molar-refractivity contribution in [2.45, 2.75) is 26.1 Å². The summed E-state index contributed by atoms with van der Waals surface area (Å²) in [5.74, 6) is 0. The van der Waals surface area contributed by atoms with Crippen molar-refractivity contribution < 1.29 is 4.74 Å². The van der Waals surface area contributed by atoms with Gasteiger partial charge in [0.1, 0.15) is 5.52 Å². The Morgan fingerprint density at radius 2 is 2.25 bits per heavy atom. The van der Waals surface area contributed by atoms with Crippen LogP contribution in [-0.2, 0) is 11.4 Å². The number of ether oxygens (including phenoxy) is 1.